The second kappa shape index (κ2) is 5.48. The van der Waals surface area contributed by atoms with Crippen LogP contribution in [-0.2, 0) is 0 Å². The van der Waals surface area contributed by atoms with Gasteiger partial charge in [-0.05, 0) is 36.4 Å². The number of amides is 1. The van der Waals surface area contributed by atoms with Gasteiger partial charge in [0.15, 0.2) is 11.6 Å². The SMILES string of the molecule is O=C(O)c1cccc(NC(=O)c2ccc(F)c(F)c2)c1. The van der Waals surface area contributed by atoms with Crippen LogP contribution in [0.5, 0.6) is 0 Å². The van der Waals surface area contributed by atoms with Gasteiger partial charge in [-0.15, -0.1) is 0 Å². The van der Waals surface area contributed by atoms with E-state index in [0.29, 0.717) is 0 Å². The van der Waals surface area contributed by atoms with E-state index < -0.39 is 23.5 Å². The van der Waals surface area contributed by atoms with Crippen LogP contribution in [0, 0.1) is 11.6 Å². The number of hydrogen-bond acceptors (Lipinski definition) is 2. The van der Waals surface area contributed by atoms with Crippen LogP contribution in [0.15, 0.2) is 42.5 Å². The maximum atomic E-state index is 13.0. The molecular weight excluding hydrogens is 268 g/mol. The third kappa shape index (κ3) is 2.97. The molecule has 20 heavy (non-hydrogen) atoms. The van der Waals surface area contributed by atoms with Gasteiger partial charge in [-0.1, -0.05) is 6.07 Å². The molecule has 0 aliphatic carbocycles. The van der Waals surface area contributed by atoms with E-state index in [0.717, 1.165) is 18.2 Å². The summed E-state index contributed by atoms with van der Waals surface area (Å²) in [6, 6.07) is 8.34. The number of aromatic carboxylic acids is 1. The third-order valence-corrected chi connectivity index (χ3v) is 2.55. The van der Waals surface area contributed by atoms with Crippen LogP contribution in [0.4, 0.5) is 14.5 Å². The van der Waals surface area contributed by atoms with E-state index in [1.165, 1.54) is 24.3 Å². The van der Waals surface area contributed by atoms with Crippen molar-refractivity contribution in [1.82, 2.24) is 0 Å². The molecule has 0 aliphatic heterocycles. The van der Waals surface area contributed by atoms with Crippen molar-refractivity contribution in [2.24, 2.45) is 0 Å². The molecule has 0 radical (unpaired) electrons. The number of halogens is 2. The molecule has 0 saturated heterocycles. The van der Waals surface area contributed by atoms with Gasteiger partial charge < -0.3 is 10.4 Å². The predicted molar refractivity (Wildman–Crippen MR) is 67.7 cm³/mol. The van der Waals surface area contributed by atoms with Crippen molar-refractivity contribution in [3.63, 3.8) is 0 Å². The number of anilines is 1. The average Bonchev–Trinajstić information content (AvgIpc) is 2.42. The fourth-order valence-corrected chi connectivity index (χ4v) is 1.57. The smallest absolute Gasteiger partial charge is 0.335 e. The summed E-state index contributed by atoms with van der Waals surface area (Å²) in [4.78, 5) is 22.6. The third-order valence-electron chi connectivity index (χ3n) is 2.55. The first kappa shape index (κ1) is 13.7. The molecule has 1 amide bonds. The van der Waals surface area contributed by atoms with Crippen LogP contribution < -0.4 is 5.32 Å². The predicted octanol–water partition coefficient (Wildman–Crippen LogP) is 2.92. The van der Waals surface area contributed by atoms with Crippen LogP contribution in [0.2, 0.25) is 0 Å². The highest BCUT2D eigenvalue weighted by molar-refractivity contribution is 6.04. The van der Waals surface area contributed by atoms with Crippen molar-refractivity contribution in [2.75, 3.05) is 5.32 Å². The summed E-state index contributed by atoms with van der Waals surface area (Å²) in [5.74, 6) is -3.97. The fraction of sp³-hybridized carbons (Fsp3) is 0. The zero-order chi connectivity index (χ0) is 14.7. The Morgan fingerprint density at radius 3 is 2.35 bits per heavy atom. The van der Waals surface area contributed by atoms with Crippen molar-refractivity contribution in [3.05, 3.63) is 65.2 Å². The fourth-order valence-electron chi connectivity index (χ4n) is 1.57. The average molecular weight is 277 g/mol. The van der Waals surface area contributed by atoms with Gasteiger partial charge in [0.05, 0.1) is 5.56 Å². The molecule has 2 rings (SSSR count). The van der Waals surface area contributed by atoms with Gasteiger partial charge >= 0.3 is 5.97 Å². The molecule has 102 valence electrons. The van der Waals surface area contributed by atoms with E-state index >= 15 is 0 Å². The maximum Gasteiger partial charge on any atom is 0.335 e. The highest BCUT2D eigenvalue weighted by atomic mass is 19.2. The molecule has 2 N–H and O–H groups in total. The van der Waals surface area contributed by atoms with Crippen molar-refractivity contribution in [3.8, 4) is 0 Å². The Balaban J connectivity index is 2.21. The Labute approximate surface area is 112 Å². The summed E-state index contributed by atoms with van der Waals surface area (Å²) in [6.45, 7) is 0. The molecule has 6 heteroatoms. The summed E-state index contributed by atoms with van der Waals surface area (Å²) in [6.07, 6.45) is 0. The minimum absolute atomic E-state index is 0.00749. The molecule has 0 saturated carbocycles. The summed E-state index contributed by atoms with van der Waals surface area (Å²) in [5.41, 5.74) is 0.192. The number of hydrogen-bond donors (Lipinski definition) is 2. The Bertz CT molecular complexity index is 686. The quantitative estimate of drug-likeness (QED) is 0.906. The highest BCUT2D eigenvalue weighted by Gasteiger charge is 2.11. The Hall–Kier alpha value is -2.76. The molecule has 0 aromatic heterocycles. The lowest BCUT2D eigenvalue weighted by Gasteiger charge is -2.06. The lowest BCUT2D eigenvalue weighted by atomic mass is 10.1. The molecular formula is C14H9F2NO3. The summed E-state index contributed by atoms with van der Waals surface area (Å²) in [7, 11) is 0. The van der Waals surface area contributed by atoms with Gasteiger partial charge in [0.1, 0.15) is 0 Å². The molecule has 0 heterocycles. The molecule has 0 aliphatic rings. The lowest BCUT2D eigenvalue weighted by Crippen LogP contribution is -2.13. The van der Waals surface area contributed by atoms with E-state index in [1.807, 2.05) is 0 Å². The van der Waals surface area contributed by atoms with Crippen LogP contribution in [0.3, 0.4) is 0 Å². The molecule has 0 unspecified atom stereocenters. The largest absolute Gasteiger partial charge is 0.478 e. The first-order valence-corrected chi connectivity index (χ1v) is 5.57. The van der Waals surface area contributed by atoms with E-state index in [4.69, 9.17) is 5.11 Å². The monoisotopic (exact) mass is 277 g/mol. The molecule has 0 atom stereocenters. The van der Waals surface area contributed by atoms with Crippen LogP contribution >= 0.6 is 0 Å². The molecule has 0 spiro atoms. The second-order valence-corrected chi connectivity index (χ2v) is 3.97. The van der Waals surface area contributed by atoms with Crippen molar-refractivity contribution < 1.29 is 23.5 Å². The van der Waals surface area contributed by atoms with Gasteiger partial charge in [0, 0.05) is 11.3 Å². The van der Waals surface area contributed by atoms with E-state index in [1.54, 1.807) is 0 Å². The van der Waals surface area contributed by atoms with Gasteiger partial charge in [-0.3, -0.25) is 4.79 Å². The first-order chi connectivity index (χ1) is 9.47. The van der Waals surface area contributed by atoms with Crippen molar-refractivity contribution >= 4 is 17.6 Å². The Kier molecular flexibility index (Phi) is 3.74. The molecule has 4 nitrogen and oxygen atoms in total. The maximum absolute atomic E-state index is 13.0. The number of carbonyl (C=O) groups excluding carboxylic acids is 1. The molecule has 2 aromatic carbocycles. The van der Waals surface area contributed by atoms with Gasteiger partial charge in [0.25, 0.3) is 5.91 Å². The zero-order valence-electron chi connectivity index (χ0n) is 10.1. The number of rotatable bonds is 3. The number of carboxylic acid groups (broad SMARTS) is 1. The van der Waals surface area contributed by atoms with Gasteiger partial charge in [0.2, 0.25) is 0 Å². The summed E-state index contributed by atoms with van der Waals surface area (Å²) < 4.78 is 25.8. The number of benzene rings is 2. The van der Waals surface area contributed by atoms with Crippen molar-refractivity contribution in [2.45, 2.75) is 0 Å². The molecule has 0 bridgehead atoms. The molecule has 0 fully saturated rings. The standard InChI is InChI=1S/C14H9F2NO3/c15-11-5-4-8(7-12(11)16)13(18)17-10-3-1-2-9(6-10)14(19)20/h1-7H,(H,17,18)(H,19,20). The summed E-state index contributed by atoms with van der Waals surface area (Å²) >= 11 is 0. The van der Waals surface area contributed by atoms with Crippen molar-refractivity contribution in [1.29, 1.82) is 0 Å². The van der Waals surface area contributed by atoms with Crippen LogP contribution in [-0.4, -0.2) is 17.0 Å². The van der Waals surface area contributed by atoms with Gasteiger partial charge in [-0.2, -0.15) is 0 Å². The first-order valence-electron chi connectivity index (χ1n) is 5.57. The summed E-state index contributed by atoms with van der Waals surface area (Å²) in [5, 5.41) is 11.2. The Morgan fingerprint density at radius 2 is 1.70 bits per heavy atom. The zero-order valence-corrected chi connectivity index (χ0v) is 10.1. The normalized spacial score (nSPS) is 10.1. The van der Waals surface area contributed by atoms with E-state index in [9.17, 15) is 18.4 Å². The lowest BCUT2D eigenvalue weighted by molar-refractivity contribution is 0.0696. The highest BCUT2D eigenvalue weighted by Crippen LogP contribution is 2.14. The number of carbonyl (C=O) groups is 2. The van der Waals surface area contributed by atoms with E-state index in [-0.39, 0.29) is 16.8 Å². The number of carboxylic acids is 1. The Morgan fingerprint density at radius 1 is 0.950 bits per heavy atom. The van der Waals surface area contributed by atoms with Crippen LogP contribution in [0.25, 0.3) is 0 Å². The van der Waals surface area contributed by atoms with Crippen LogP contribution in [0.1, 0.15) is 20.7 Å². The topological polar surface area (TPSA) is 66.4 Å². The second-order valence-electron chi connectivity index (χ2n) is 3.97. The minimum atomic E-state index is -1.13. The number of nitrogens with one attached hydrogen (secondary N) is 1. The van der Waals surface area contributed by atoms with E-state index in [2.05, 4.69) is 5.32 Å². The van der Waals surface area contributed by atoms with Gasteiger partial charge in [-0.25, -0.2) is 13.6 Å². The minimum Gasteiger partial charge on any atom is -0.478 e. The molecule has 2 aromatic rings.